The predicted molar refractivity (Wildman–Crippen MR) is 137 cm³/mol. The third kappa shape index (κ3) is 8.77. The van der Waals surface area contributed by atoms with Gasteiger partial charge in [0.2, 0.25) is 0 Å². The number of imide groups is 1. The lowest BCUT2D eigenvalue weighted by molar-refractivity contribution is -0.138. The molecule has 2 aromatic carbocycles. The highest BCUT2D eigenvalue weighted by molar-refractivity contribution is 7.99. The van der Waals surface area contributed by atoms with Gasteiger partial charge < -0.3 is 10.4 Å². The molecule has 0 radical (unpaired) electrons. The molecule has 34 heavy (non-hydrogen) atoms. The van der Waals surface area contributed by atoms with Crippen LogP contribution >= 0.6 is 23.4 Å². The van der Waals surface area contributed by atoms with Crippen LogP contribution in [0.5, 0.6) is 0 Å². The van der Waals surface area contributed by atoms with Gasteiger partial charge in [0.05, 0.1) is 0 Å². The molecule has 1 unspecified atom stereocenters. The van der Waals surface area contributed by atoms with Crippen LogP contribution in [0.25, 0.3) is 0 Å². The van der Waals surface area contributed by atoms with Crippen LogP contribution in [0.4, 0.5) is 4.79 Å². The molecule has 3 amide bonds. The van der Waals surface area contributed by atoms with Gasteiger partial charge >= 0.3 is 12.0 Å². The number of amides is 3. The minimum absolute atomic E-state index is 0.164. The van der Waals surface area contributed by atoms with Crippen molar-refractivity contribution in [3.8, 4) is 11.8 Å². The van der Waals surface area contributed by atoms with E-state index in [1.807, 2.05) is 20.8 Å². The third-order valence-corrected chi connectivity index (χ3v) is 6.30. The quantitative estimate of drug-likeness (QED) is 0.465. The molecule has 0 bridgehead atoms. The predicted octanol–water partition coefficient (Wildman–Crippen LogP) is 5.14. The van der Waals surface area contributed by atoms with E-state index in [1.54, 1.807) is 48.5 Å². The Morgan fingerprint density at radius 2 is 1.74 bits per heavy atom. The third-order valence-electron chi connectivity index (χ3n) is 4.57. The summed E-state index contributed by atoms with van der Waals surface area (Å²) in [6, 6.07) is 12.0. The topological polar surface area (TPSA) is 86.7 Å². The minimum Gasteiger partial charge on any atom is -0.480 e. The summed E-state index contributed by atoms with van der Waals surface area (Å²) < 4.78 is 0. The Morgan fingerprint density at radius 1 is 1.06 bits per heavy atom. The lowest BCUT2D eigenvalue weighted by atomic mass is 10.1. The monoisotopic (exact) mass is 500 g/mol. The summed E-state index contributed by atoms with van der Waals surface area (Å²) in [6.45, 7) is 6.08. The molecule has 0 aliphatic carbocycles. The zero-order valence-corrected chi connectivity index (χ0v) is 21.1. The maximum atomic E-state index is 13.1. The number of carboxylic acid groups (broad SMARTS) is 1. The maximum absolute atomic E-state index is 13.1. The van der Waals surface area contributed by atoms with Gasteiger partial charge in [-0.15, -0.1) is 0 Å². The van der Waals surface area contributed by atoms with Crippen LogP contribution in [0.1, 0.15) is 48.7 Å². The highest BCUT2D eigenvalue weighted by Crippen LogP contribution is 2.13. The smallest absolute Gasteiger partial charge is 0.327 e. The molecule has 8 heteroatoms. The summed E-state index contributed by atoms with van der Waals surface area (Å²) in [4.78, 5) is 38.7. The summed E-state index contributed by atoms with van der Waals surface area (Å²) in [5.74, 6) is 5.80. The van der Waals surface area contributed by atoms with E-state index in [9.17, 15) is 19.5 Å². The van der Waals surface area contributed by atoms with Crippen molar-refractivity contribution >= 4 is 41.3 Å². The van der Waals surface area contributed by atoms with Crippen molar-refractivity contribution in [2.24, 2.45) is 5.92 Å². The Kier molecular flexibility index (Phi) is 11.0. The molecule has 0 fully saturated rings. The number of hydrogen-bond acceptors (Lipinski definition) is 4. The largest absolute Gasteiger partial charge is 0.480 e. The Labute approximate surface area is 210 Å². The molecule has 6 nitrogen and oxygen atoms in total. The fourth-order valence-corrected chi connectivity index (χ4v) is 4.10. The molecule has 0 aromatic heterocycles. The number of halogens is 1. The van der Waals surface area contributed by atoms with Gasteiger partial charge in [0.1, 0.15) is 6.04 Å². The van der Waals surface area contributed by atoms with Crippen LogP contribution in [-0.2, 0) is 4.79 Å². The fraction of sp³-hybridized carbons (Fsp3) is 0.346. The number of urea groups is 1. The number of nitrogens with zero attached hydrogens (tertiary/aromatic N) is 1. The number of thioether (sulfide) groups is 1. The van der Waals surface area contributed by atoms with Crippen LogP contribution in [0, 0.1) is 17.8 Å². The number of hydrogen-bond donors (Lipinski definition) is 2. The van der Waals surface area contributed by atoms with Crippen LogP contribution in [0.2, 0.25) is 5.02 Å². The van der Waals surface area contributed by atoms with E-state index in [1.165, 1.54) is 11.8 Å². The molecule has 0 saturated heterocycles. The molecule has 0 spiro atoms. The van der Waals surface area contributed by atoms with Gasteiger partial charge in [-0.3, -0.25) is 9.69 Å². The summed E-state index contributed by atoms with van der Waals surface area (Å²) in [6.07, 6.45) is 0.537. The van der Waals surface area contributed by atoms with Gasteiger partial charge in [-0.25, -0.2) is 9.59 Å². The molecule has 2 aromatic rings. The Hall–Kier alpha value is -2.95. The molecule has 1 atom stereocenters. The van der Waals surface area contributed by atoms with Crippen molar-refractivity contribution in [3.63, 3.8) is 0 Å². The zero-order valence-electron chi connectivity index (χ0n) is 19.5. The molecular formula is C26H29ClN2O4S. The van der Waals surface area contributed by atoms with Crippen molar-refractivity contribution < 1.29 is 19.5 Å². The van der Waals surface area contributed by atoms with Crippen molar-refractivity contribution in [3.05, 3.63) is 70.2 Å². The number of aliphatic carboxylic acids is 1. The first-order valence-electron chi connectivity index (χ1n) is 11.0. The first kappa shape index (κ1) is 27.3. The van der Waals surface area contributed by atoms with E-state index >= 15 is 0 Å². The second kappa shape index (κ2) is 13.7. The highest BCUT2D eigenvalue weighted by Gasteiger charge is 2.27. The summed E-state index contributed by atoms with van der Waals surface area (Å²) in [5, 5.41) is 12.6. The van der Waals surface area contributed by atoms with Gasteiger partial charge in [0, 0.05) is 34.0 Å². The second-order valence-electron chi connectivity index (χ2n) is 8.07. The van der Waals surface area contributed by atoms with Crippen molar-refractivity contribution in [1.82, 2.24) is 10.2 Å². The molecule has 0 aliphatic rings. The summed E-state index contributed by atoms with van der Waals surface area (Å²) >= 11 is 7.35. The van der Waals surface area contributed by atoms with Gasteiger partial charge in [0.25, 0.3) is 5.91 Å². The first-order valence-corrected chi connectivity index (χ1v) is 12.5. The SMILES string of the molecule is CCCN(C(=O)NC(CSCC(C)C)C(=O)O)C(=O)c1cccc(C#Cc2ccc(Cl)cc2)c1. The van der Waals surface area contributed by atoms with Gasteiger partial charge in [-0.2, -0.15) is 11.8 Å². The van der Waals surface area contributed by atoms with E-state index in [2.05, 4.69) is 17.2 Å². The molecule has 2 N–H and O–H groups in total. The lowest BCUT2D eigenvalue weighted by Gasteiger charge is -2.23. The van der Waals surface area contributed by atoms with Crippen LogP contribution in [-0.4, -0.2) is 52.0 Å². The van der Waals surface area contributed by atoms with Crippen LogP contribution in [0.3, 0.4) is 0 Å². The summed E-state index contributed by atoms with van der Waals surface area (Å²) in [5.41, 5.74) is 1.70. The standard InChI is InChI=1S/C26H29ClN2O4S/c1-4-14-29(26(33)28-23(25(31)32)17-34-16-18(2)3)24(30)21-7-5-6-20(15-21)9-8-19-10-12-22(27)13-11-19/h5-7,10-13,15,18,23H,4,14,16-17H2,1-3H3,(H,28,33)(H,31,32). The number of carbonyl (C=O) groups is 3. The molecular weight excluding hydrogens is 472 g/mol. The van der Waals surface area contributed by atoms with E-state index in [-0.39, 0.29) is 12.3 Å². The van der Waals surface area contributed by atoms with E-state index < -0.39 is 23.9 Å². The Morgan fingerprint density at radius 3 is 2.35 bits per heavy atom. The fourth-order valence-electron chi connectivity index (χ4n) is 2.91. The number of benzene rings is 2. The first-order chi connectivity index (χ1) is 16.2. The maximum Gasteiger partial charge on any atom is 0.327 e. The number of carbonyl (C=O) groups excluding carboxylic acids is 2. The molecule has 0 aliphatic heterocycles. The second-order valence-corrected chi connectivity index (χ2v) is 9.58. The average Bonchev–Trinajstić information content (AvgIpc) is 2.81. The molecule has 0 heterocycles. The number of rotatable bonds is 9. The molecule has 2 rings (SSSR count). The van der Waals surface area contributed by atoms with Gasteiger partial charge in [-0.1, -0.05) is 50.3 Å². The molecule has 180 valence electrons. The molecule has 0 saturated carbocycles. The average molecular weight is 501 g/mol. The van der Waals surface area contributed by atoms with E-state index in [0.29, 0.717) is 28.5 Å². The van der Waals surface area contributed by atoms with Gasteiger partial charge in [0.15, 0.2) is 0 Å². The number of nitrogens with one attached hydrogen (secondary N) is 1. The van der Waals surface area contributed by atoms with Gasteiger partial charge in [-0.05, 0) is 60.6 Å². The Bertz CT molecular complexity index is 1060. The normalized spacial score (nSPS) is 11.3. The van der Waals surface area contributed by atoms with E-state index in [4.69, 9.17) is 11.6 Å². The van der Waals surface area contributed by atoms with Crippen LogP contribution in [0.15, 0.2) is 48.5 Å². The highest BCUT2D eigenvalue weighted by atomic mass is 35.5. The number of carboxylic acids is 1. The van der Waals surface area contributed by atoms with Crippen molar-refractivity contribution in [1.29, 1.82) is 0 Å². The summed E-state index contributed by atoms with van der Waals surface area (Å²) in [7, 11) is 0. The van der Waals surface area contributed by atoms with Crippen LogP contribution < -0.4 is 5.32 Å². The van der Waals surface area contributed by atoms with Crippen molar-refractivity contribution in [2.75, 3.05) is 18.1 Å². The van der Waals surface area contributed by atoms with Crippen molar-refractivity contribution in [2.45, 2.75) is 33.2 Å². The minimum atomic E-state index is -1.13. The Balaban J connectivity index is 2.16. The lowest BCUT2D eigenvalue weighted by Crippen LogP contribution is -2.51. The zero-order chi connectivity index (χ0) is 25.1. The van der Waals surface area contributed by atoms with E-state index in [0.717, 1.165) is 16.2 Å².